The van der Waals surface area contributed by atoms with Crippen LogP contribution in [0.1, 0.15) is 22.3 Å². The second kappa shape index (κ2) is 9.83. The fourth-order valence-electron chi connectivity index (χ4n) is 3.14. The molecular weight excluding hydrogens is 474 g/mol. The molecule has 7 nitrogen and oxygen atoms in total. The highest BCUT2D eigenvalue weighted by Crippen LogP contribution is 2.22. The van der Waals surface area contributed by atoms with Crippen molar-refractivity contribution in [1.29, 1.82) is 0 Å². The molecule has 0 aliphatic rings. The van der Waals surface area contributed by atoms with Crippen LogP contribution < -0.4 is 5.32 Å². The van der Waals surface area contributed by atoms with Crippen LogP contribution in [0.4, 0.5) is 5.69 Å². The van der Waals surface area contributed by atoms with Crippen LogP contribution in [0, 0.1) is 0 Å². The number of hydrogen-bond donors (Lipinski definition) is 2. The molecule has 3 rings (SSSR count). The molecule has 10 heteroatoms. The van der Waals surface area contributed by atoms with Crippen molar-refractivity contribution in [3.05, 3.63) is 88.9 Å². The zero-order chi connectivity index (χ0) is 23.4. The van der Waals surface area contributed by atoms with Gasteiger partial charge in [0.15, 0.2) is 9.84 Å². The molecule has 32 heavy (non-hydrogen) atoms. The summed E-state index contributed by atoms with van der Waals surface area (Å²) >= 11 is 5.81. The van der Waals surface area contributed by atoms with Crippen molar-refractivity contribution < 1.29 is 26.2 Å². The molecule has 3 aromatic rings. The summed E-state index contributed by atoms with van der Waals surface area (Å²) in [6.45, 7) is 0. The minimum atomic E-state index is -4.58. The Morgan fingerprint density at radius 2 is 1.50 bits per heavy atom. The molecule has 0 aliphatic carbocycles. The van der Waals surface area contributed by atoms with E-state index in [2.05, 4.69) is 5.32 Å². The van der Waals surface area contributed by atoms with E-state index in [1.807, 2.05) is 0 Å². The van der Waals surface area contributed by atoms with Crippen molar-refractivity contribution >= 4 is 43.2 Å². The third-order valence-corrected chi connectivity index (χ3v) is 7.69. The number of para-hydroxylation sites is 1. The smallest absolute Gasteiger partial charge is 0.295 e. The number of carbonyl (C=O) groups is 1. The van der Waals surface area contributed by atoms with Crippen LogP contribution in [0.5, 0.6) is 0 Å². The van der Waals surface area contributed by atoms with Gasteiger partial charge in [-0.15, -0.1) is 0 Å². The fraction of sp³-hybridized carbons (Fsp3) is 0.136. The van der Waals surface area contributed by atoms with E-state index in [0.29, 0.717) is 29.1 Å². The molecule has 2 N–H and O–H groups in total. The van der Waals surface area contributed by atoms with E-state index in [1.165, 1.54) is 42.5 Å². The molecule has 0 atom stereocenters. The van der Waals surface area contributed by atoms with Gasteiger partial charge < -0.3 is 5.32 Å². The van der Waals surface area contributed by atoms with Crippen LogP contribution in [0.2, 0.25) is 5.02 Å². The number of sulfone groups is 1. The average molecular weight is 494 g/mol. The number of aryl methyl sites for hydroxylation is 1. The lowest BCUT2D eigenvalue weighted by atomic mass is 10.1. The van der Waals surface area contributed by atoms with Crippen molar-refractivity contribution in [3.63, 3.8) is 0 Å². The van der Waals surface area contributed by atoms with Crippen LogP contribution in [0.25, 0.3) is 0 Å². The summed E-state index contributed by atoms with van der Waals surface area (Å²) in [7, 11) is -8.06. The van der Waals surface area contributed by atoms with Crippen LogP contribution >= 0.6 is 11.6 Å². The lowest BCUT2D eigenvalue weighted by molar-refractivity contribution is 0.102. The number of nitrogens with one attached hydrogen (secondary N) is 1. The summed E-state index contributed by atoms with van der Waals surface area (Å²) < 4.78 is 57.5. The highest BCUT2D eigenvalue weighted by Gasteiger charge is 2.21. The third kappa shape index (κ3) is 5.95. The van der Waals surface area contributed by atoms with E-state index in [9.17, 15) is 26.2 Å². The molecule has 0 heterocycles. The van der Waals surface area contributed by atoms with Crippen molar-refractivity contribution in [2.24, 2.45) is 0 Å². The summed E-state index contributed by atoms with van der Waals surface area (Å²) in [6, 6.07) is 18.1. The number of anilines is 1. The van der Waals surface area contributed by atoms with Gasteiger partial charge in [-0.3, -0.25) is 9.35 Å². The molecule has 0 bridgehead atoms. The SMILES string of the molecule is O=C(Nc1ccccc1CCCS(=O)(=O)c1ccc(Cl)cc1)c1ccccc1S(=O)(=O)O. The normalized spacial score (nSPS) is 11.8. The quantitative estimate of drug-likeness (QED) is 0.453. The summed E-state index contributed by atoms with van der Waals surface area (Å²) in [5, 5.41) is 3.09. The van der Waals surface area contributed by atoms with Gasteiger partial charge in [0.1, 0.15) is 4.90 Å². The molecule has 0 saturated carbocycles. The number of amides is 1. The topological polar surface area (TPSA) is 118 Å². The molecule has 1 amide bonds. The Hall–Kier alpha value is -2.72. The maximum absolute atomic E-state index is 12.7. The first kappa shape index (κ1) is 23.9. The number of halogens is 1. The Morgan fingerprint density at radius 3 is 2.19 bits per heavy atom. The van der Waals surface area contributed by atoms with E-state index in [4.69, 9.17) is 11.6 Å². The Bertz CT molecular complexity index is 1340. The predicted molar refractivity (Wildman–Crippen MR) is 122 cm³/mol. The molecule has 0 fully saturated rings. The van der Waals surface area contributed by atoms with E-state index >= 15 is 0 Å². The minimum absolute atomic E-state index is 0.0947. The average Bonchev–Trinajstić information content (AvgIpc) is 2.74. The first-order chi connectivity index (χ1) is 15.1. The molecular formula is C22H20ClNO6S2. The largest absolute Gasteiger partial charge is 0.322 e. The van der Waals surface area contributed by atoms with Gasteiger partial charge in [-0.2, -0.15) is 8.42 Å². The molecule has 0 saturated heterocycles. The second-order valence-corrected chi connectivity index (χ2v) is 10.9. The van der Waals surface area contributed by atoms with Crippen LogP contribution in [0.15, 0.2) is 82.6 Å². The lowest BCUT2D eigenvalue weighted by Crippen LogP contribution is -2.17. The minimum Gasteiger partial charge on any atom is -0.322 e. The Balaban J connectivity index is 1.73. The van der Waals surface area contributed by atoms with Crippen LogP contribution in [-0.4, -0.2) is 33.0 Å². The van der Waals surface area contributed by atoms with Gasteiger partial charge in [0.05, 0.1) is 16.2 Å². The van der Waals surface area contributed by atoms with Crippen molar-refractivity contribution in [2.75, 3.05) is 11.1 Å². The third-order valence-electron chi connectivity index (χ3n) is 4.71. The van der Waals surface area contributed by atoms with Crippen molar-refractivity contribution in [1.82, 2.24) is 0 Å². The standard InChI is InChI=1S/C22H20ClNO6S2/c23-17-11-13-18(14-12-17)31(26,27)15-5-7-16-6-1-3-9-20(16)24-22(25)19-8-2-4-10-21(19)32(28,29)30/h1-4,6,8-14H,5,7,15H2,(H,24,25)(H,28,29,30). The molecule has 0 aromatic heterocycles. The van der Waals surface area contributed by atoms with Gasteiger partial charge in [0.2, 0.25) is 0 Å². The van der Waals surface area contributed by atoms with Crippen molar-refractivity contribution in [3.8, 4) is 0 Å². The van der Waals surface area contributed by atoms with Gasteiger partial charge in [-0.1, -0.05) is 41.9 Å². The monoisotopic (exact) mass is 493 g/mol. The molecule has 0 aliphatic heterocycles. The van der Waals surface area contributed by atoms with E-state index < -0.39 is 30.8 Å². The molecule has 0 spiro atoms. The lowest BCUT2D eigenvalue weighted by Gasteiger charge is -2.13. The molecule has 3 aromatic carbocycles. The first-order valence-corrected chi connectivity index (χ1v) is 13.0. The van der Waals surface area contributed by atoms with Gasteiger partial charge in [0, 0.05) is 10.7 Å². The first-order valence-electron chi connectivity index (χ1n) is 9.52. The summed E-state index contributed by atoms with van der Waals surface area (Å²) in [5.41, 5.74) is 0.915. The highest BCUT2D eigenvalue weighted by molar-refractivity contribution is 7.91. The van der Waals surface area contributed by atoms with Gasteiger partial charge >= 0.3 is 0 Å². The van der Waals surface area contributed by atoms with Crippen LogP contribution in [0.3, 0.4) is 0 Å². The second-order valence-electron chi connectivity index (χ2n) is 6.96. The number of carbonyl (C=O) groups excluding carboxylic acids is 1. The number of benzene rings is 3. The molecule has 0 radical (unpaired) electrons. The Labute approximate surface area is 191 Å². The Morgan fingerprint density at radius 1 is 0.875 bits per heavy atom. The summed E-state index contributed by atoms with van der Waals surface area (Å²) in [4.78, 5) is 12.4. The molecule has 0 unspecified atom stereocenters. The molecule has 168 valence electrons. The predicted octanol–water partition coefficient (Wildman–Crippen LogP) is 4.25. The highest BCUT2D eigenvalue weighted by atomic mass is 35.5. The van der Waals surface area contributed by atoms with Gasteiger partial charge in [-0.25, -0.2) is 8.42 Å². The van der Waals surface area contributed by atoms with Crippen LogP contribution in [-0.2, 0) is 26.4 Å². The summed E-state index contributed by atoms with van der Waals surface area (Å²) in [5.74, 6) is -0.804. The fourth-order valence-corrected chi connectivity index (χ4v) is 5.27. The number of hydrogen-bond acceptors (Lipinski definition) is 5. The van der Waals surface area contributed by atoms with E-state index in [-0.39, 0.29) is 16.2 Å². The number of rotatable bonds is 8. The van der Waals surface area contributed by atoms with Crippen molar-refractivity contribution in [2.45, 2.75) is 22.6 Å². The zero-order valence-electron chi connectivity index (χ0n) is 16.7. The van der Waals surface area contributed by atoms with Gasteiger partial charge in [-0.05, 0) is 60.9 Å². The Kier molecular flexibility index (Phi) is 7.35. The zero-order valence-corrected chi connectivity index (χ0v) is 19.1. The van der Waals surface area contributed by atoms with E-state index in [0.717, 1.165) is 6.07 Å². The summed E-state index contributed by atoms with van der Waals surface area (Å²) in [6.07, 6.45) is 0.669. The maximum atomic E-state index is 12.7. The van der Waals surface area contributed by atoms with Gasteiger partial charge in [0.25, 0.3) is 16.0 Å². The van der Waals surface area contributed by atoms with E-state index in [1.54, 1.807) is 24.3 Å². The maximum Gasteiger partial charge on any atom is 0.295 e.